The number of hydrogen-bond acceptors (Lipinski definition) is 2. The molecule has 0 aromatic heterocycles. The molecule has 0 saturated carbocycles. The molecule has 0 amide bonds. The first kappa shape index (κ1) is 21.3. The Kier molecular flexibility index (Phi) is 9.85. The van der Waals surface area contributed by atoms with Crippen molar-refractivity contribution in [1.82, 2.24) is 10.2 Å². The van der Waals surface area contributed by atoms with Crippen molar-refractivity contribution in [3.63, 3.8) is 0 Å². The van der Waals surface area contributed by atoms with Crippen molar-refractivity contribution in [2.24, 2.45) is 0 Å². The Bertz CT molecular complexity index is 477. The summed E-state index contributed by atoms with van der Waals surface area (Å²) >= 11 is 0. The molecule has 1 atom stereocenters. The van der Waals surface area contributed by atoms with Crippen molar-refractivity contribution in [2.75, 3.05) is 26.2 Å². The molecule has 6 heteroatoms. The normalized spacial score (nSPS) is 16.3. The predicted octanol–water partition coefficient (Wildman–Crippen LogP) is 4.03. The SMILES string of the molecule is C=CCC[C@@H](c1ccc(C)c(F)c1F)N1CCNCC1.Cl.Cl. The average molecular weight is 353 g/mol. The Hall–Kier alpha value is -0.680. The van der Waals surface area contributed by atoms with E-state index in [1.807, 2.05) is 6.08 Å². The summed E-state index contributed by atoms with van der Waals surface area (Å²) in [6, 6.07) is 3.31. The van der Waals surface area contributed by atoms with Crippen LogP contribution in [0.15, 0.2) is 24.8 Å². The minimum absolute atomic E-state index is 0. The van der Waals surface area contributed by atoms with E-state index in [0.29, 0.717) is 11.1 Å². The highest BCUT2D eigenvalue weighted by Gasteiger charge is 2.25. The van der Waals surface area contributed by atoms with Gasteiger partial charge in [0.05, 0.1) is 0 Å². The fraction of sp³-hybridized carbons (Fsp3) is 0.500. The minimum Gasteiger partial charge on any atom is -0.314 e. The lowest BCUT2D eigenvalue weighted by atomic mass is 9.97. The zero-order chi connectivity index (χ0) is 14.5. The van der Waals surface area contributed by atoms with Gasteiger partial charge < -0.3 is 5.32 Å². The van der Waals surface area contributed by atoms with E-state index in [1.54, 1.807) is 19.1 Å². The second-order valence-electron chi connectivity index (χ2n) is 5.27. The van der Waals surface area contributed by atoms with Gasteiger partial charge >= 0.3 is 0 Å². The molecule has 1 fully saturated rings. The summed E-state index contributed by atoms with van der Waals surface area (Å²) in [5, 5.41) is 3.28. The molecule has 1 saturated heterocycles. The number of nitrogens with one attached hydrogen (secondary N) is 1. The van der Waals surface area contributed by atoms with Crippen LogP contribution in [0.3, 0.4) is 0 Å². The third kappa shape index (κ3) is 4.92. The van der Waals surface area contributed by atoms with Crippen LogP contribution in [0.5, 0.6) is 0 Å². The van der Waals surface area contributed by atoms with E-state index in [4.69, 9.17) is 0 Å². The van der Waals surface area contributed by atoms with Crippen LogP contribution in [-0.2, 0) is 0 Å². The van der Waals surface area contributed by atoms with Gasteiger partial charge in [0, 0.05) is 37.8 Å². The van der Waals surface area contributed by atoms with E-state index >= 15 is 0 Å². The standard InChI is InChI=1S/C16H22F2N2.2ClH/c1-3-4-5-14(20-10-8-19-9-11-20)13-7-6-12(2)15(17)16(13)18;;/h3,6-7,14,19H,1,4-5,8-11H2,2H3;2*1H/t14-;;/m0../s1. The second-order valence-corrected chi connectivity index (χ2v) is 5.27. The number of rotatable bonds is 5. The molecular weight excluding hydrogens is 329 g/mol. The highest BCUT2D eigenvalue weighted by molar-refractivity contribution is 5.85. The van der Waals surface area contributed by atoms with E-state index in [9.17, 15) is 8.78 Å². The zero-order valence-corrected chi connectivity index (χ0v) is 14.4. The van der Waals surface area contributed by atoms with Crippen LogP contribution in [0.4, 0.5) is 8.78 Å². The molecule has 1 aromatic carbocycles. The van der Waals surface area contributed by atoms with Crippen molar-refractivity contribution in [1.29, 1.82) is 0 Å². The lowest BCUT2D eigenvalue weighted by molar-refractivity contribution is 0.162. The summed E-state index contributed by atoms with van der Waals surface area (Å²) in [5.41, 5.74) is 0.825. The van der Waals surface area contributed by atoms with Crippen molar-refractivity contribution in [3.05, 3.63) is 47.5 Å². The topological polar surface area (TPSA) is 15.3 Å². The summed E-state index contributed by atoms with van der Waals surface area (Å²) in [4.78, 5) is 2.23. The van der Waals surface area contributed by atoms with Crippen molar-refractivity contribution in [2.45, 2.75) is 25.8 Å². The lowest BCUT2D eigenvalue weighted by Gasteiger charge is -2.35. The van der Waals surface area contributed by atoms with Gasteiger partial charge in [-0.1, -0.05) is 18.2 Å². The summed E-state index contributed by atoms with van der Waals surface area (Å²) in [7, 11) is 0. The first-order chi connectivity index (χ1) is 9.65. The van der Waals surface area contributed by atoms with Crippen LogP contribution in [-0.4, -0.2) is 31.1 Å². The maximum atomic E-state index is 14.3. The Morgan fingerprint density at radius 1 is 1.23 bits per heavy atom. The quantitative estimate of drug-likeness (QED) is 0.804. The van der Waals surface area contributed by atoms with Crippen molar-refractivity contribution < 1.29 is 8.78 Å². The maximum absolute atomic E-state index is 14.3. The van der Waals surface area contributed by atoms with Crippen LogP contribution in [0.2, 0.25) is 0 Å². The number of piperazine rings is 1. The van der Waals surface area contributed by atoms with Gasteiger partial charge in [-0.15, -0.1) is 31.4 Å². The molecule has 1 aliphatic heterocycles. The molecule has 126 valence electrons. The van der Waals surface area contributed by atoms with Crippen LogP contribution < -0.4 is 5.32 Å². The molecule has 0 radical (unpaired) electrons. The summed E-state index contributed by atoms with van der Waals surface area (Å²) in [6.07, 6.45) is 3.39. The lowest BCUT2D eigenvalue weighted by Crippen LogP contribution is -2.45. The highest BCUT2D eigenvalue weighted by Crippen LogP contribution is 2.30. The molecule has 2 nitrogen and oxygen atoms in total. The fourth-order valence-corrected chi connectivity index (χ4v) is 2.72. The van der Waals surface area contributed by atoms with Crippen LogP contribution >= 0.6 is 24.8 Å². The molecule has 0 spiro atoms. The van der Waals surface area contributed by atoms with E-state index in [1.165, 1.54) is 0 Å². The highest BCUT2D eigenvalue weighted by atomic mass is 35.5. The molecule has 1 aromatic rings. The largest absolute Gasteiger partial charge is 0.314 e. The molecule has 22 heavy (non-hydrogen) atoms. The molecule has 1 aliphatic rings. The Balaban J connectivity index is 0.00000220. The zero-order valence-electron chi connectivity index (χ0n) is 12.8. The van der Waals surface area contributed by atoms with Crippen molar-refractivity contribution >= 4 is 24.8 Å². The molecule has 1 heterocycles. The first-order valence-electron chi connectivity index (χ1n) is 7.15. The van der Waals surface area contributed by atoms with Gasteiger partial charge in [0.1, 0.15) is 0 Å². The number of aryl methyl sites for hydroxylation is 1. The predicted molar refractivity (Wildman–Crippen MR) is 92.2 cm³/mol. The molecule has 0 aliphatic carbocycles. The number of nitrogens with zero attached hydrogens (tertiary/aromatic N) is 1. The van der Waals surface area contributed by atoms with Crippen molar-refractivity contribution in [3.8, 4) is 0 Å². The summed E-state index contributed by atoms with van der Waals surface area (Å²) in [5.74, 6) is -1.42. The third-order valence-electron chi connectivity index (χ3n) is 3.90. The smallest absolute Gasteiger partial charge is 0.163 e. The van der Waals surface area contributed by atoms with Gasteiger partial charge in [-0.25, -0.2) is 8.78 Å². The number of benzene rings is 1. The minimum atomic E-state index is -0.721. The van der Waals surface area contributed by atoms with Gasteiger partial charge in [0.25, 0.3) is 0 Å². The van der Waals surface area contributed by atoms with E-state index in [0.717, 1.165) is 39.0 Å². The number of hydrogen-bond donors (Lipinski definition) is 1. The molecule has 0 unspecified atom stereocenters. The second kappa shape index (κ2) is 10.2. The Labute approximate surface area is 143 Å². The molecule has 2 rings (SSSR count). The van der Waals surface area contributed by atoms with Gasteiger partial charge in [-0.2, -0.15) is 0 Å². The van der Waals surface area contributed by atoms with Gasteiger partial charge in [0.2, 0.25) is 0 Å². The average Bonchev–Trinajstić information content (AvgIpc) is 2.48. The van der Waals surface area contributed by atoms with E-state index in [2.05, 4.69) is 16.8 Å². The fourth-order valence-electron chi connectivity index (χ4n) is 2.72. The van der Waals surface area contributed by atoms with Gasteiger partial charge in [-0.3, -0.25) is 4.90 Å². The number of halogens is 4. The van der Waals surface area contributed by atoms with E-state index < -0.39 is 11.6 Å². The third-order valence-corrected chi connectivity index (χ3v) is 3.90. The van der Waals surface area contributed by atoms with Gasteiger partial charge in [0.15, 0.2) is 11.6 Å². The Morgan fingerprint density at radius 2 is 1.86 bits per heavy atom. The molecule has 1 N–H and O–H groups in total. The van der Waals surface area contributed by atoms with E-state index in [-0.39, 0.29) is 30.9 Å². The maximum Gasteiger partial charge on any atom is 0.163 e. The van der Waals surface area contributed by atoms with Crippen LogP contribution in [0, 0.1) is 18.6 Å². The molecular formula is C16H24Cl2F2N2. The monoisotopic (exact) mass is 352 g/mol. The van der Waals surface area contributed by atoms with Crippen LogP contribution in [0.1, 0.15) is 30.0 Å². The van der Waals surface area contributed by atoms with Crippen LogP contribution in [0.25, 0.3) is 0 Å². The molecule has 0 bridgehead atoms. The Morgan fingerprint density at radius 3 is 2.45 bits per heavy atom. The summed E-state index contributed by atoms with van der Waals surface area (Å²) in [6.45, 7) is 8.81. The number of allylic oxidation sites excluding steroid dienone is 1. The first-order valence-corrected chi connectivity index (χ1v) is 7.15. The summed E-state index contributed by atoms with van der Waals surface area (Å²) < 4.78 is 28.1. The van der Waals surface area contributed by atoms with Gasteiger partial charge in [-0.05, 0) is 25.3 Å².